The number of nitrogens with one attached hydrogen (secondary N) is 2. The number of carbonyl (C=O) groups is 2. The Hall–Kier alpha value is -2.70. The summed E-state index contributed by atoms with van der Waals surface area (Å²) in [5.74, 6) is -0.173. The Morgan fingerprint density at radius 1 is 1.21 bits per heavy atom. The molecule has 1 unspecified atom stereocenters. The van der Waals surface area contributed by atoms with E-state index in [9.17, 15) is 9.59 Å². The highest BCUT2D eigenvalue weighted by Crippen LogP contribution is 2.42. The average molecular weight is 396 g/mol. The minimum absolute atomic E-state index is 0.0329. The van der Waals surface area contributed by atoms with Crippen LogP contribution in [0.1, 0.15) is 72.8 Å². The molecule has 7 nitrogen and oxygen atoms in total. The van der Waals surface area contributed by atoms with Gasteiger partial charge in [0.2, 0.25) is 5.91 Å². The monoisotopic (exact) mass is 395 g/mol. The van der Waals surface area contributed by atoms with E-state index in [1.807, 2.05) is 6.07 Å². The van der Waals surface area contributed by atoms with Crippen molar-refractivity contribution in [1.82, 2.24) is 25.6 Å². The highest BCUT2D eigenvalue weighted by molar-refractivity contribution is 5.93. The molecule has 0 bridgehead atoms. The van der Waals surface area contributed by atoms with Crippen molar-refractivity contribution in [3.8, 4) is 0 Å². The summed E-state index contributed by atoms with van der Waals surface area (Å²) in [6.45, 7) is 7.45. The van der Waals surface area contributed by atoms with Crippen molar-refractivity contribution in [2.24, 2.45) is 0 Å². The van der Waals surface area contributed by atoms with Crippen LogP contribution in [0.15, 0.2) is 24.3 Å². The number of nitrogens with zero attached hydrogens (tertiary/aromatic N) is 3. The first-order valence-corrected chi connectivity index (χ1v) is 10.4. The summed E-state index contributed by atoms with van der Waals surface area (Å²) in [6, 6.07) is 8.27. The number of aryl methyl sites for hydroxylation is 1. The molecule has 0 radical (unpaired) electrons. The van der Waals surface area contributed by atoms with E-state index in [2.05, 4.69) is 52.8 Å². The lowest BCUT2D eigenvalue weighted by Gasteiger charge is -2.38. The molecule has 2 aromatic rings. The summed E-state index contributed by atoms with van der Waals surface area (Å²) in [6.07, 6.45) is 3.58. The highest BCUT2D eigenvalue weighted by atomic mass is 16.2. The van der Waals surface area contributed by atoms with Gasteiger partial charge in [-0.25, -0.2) is 0 Å². The molecule has 1 fully saturated rings. The Morgan fingerprint density at radius 2 is 2.00 bits per heavy atom. The van der Waals surface area contributed by atoms with Gasteiger partial charge < -0.3 is 10.2 Å². The van der Waals surface area contributed by atoms with Crippen LogP contribution in [-0.4, -0.2) is 51.3 Å². The van der Waals surface area contributed by atoms with Gasteiger partial charge in [-0.2, -0.15) is 15.4 Å². The van der Waals surface area contributed by atoms with Crippen molar-refractivity contribution in [2.45, 2.75) is 63.8 Å². The fourth-order valence-corrected chi connectivity index (χ4v) is 4.70. The highest BCUT2D eigenvalue weighted by Gasteiger charge is 2.36. The number of benzene rings is 1. The Morgan fingerprint density at radius 3 is 2.76 bits per heavy atom. The minimum atomic E-state index is -0.125. The van der Waals surface area contributed by atoms with Crippen LogP contribution in [0.25, 0.3) is 0 Å². The summed E-state index contributed by atoms with van der Waals surface area (Å²) in [7, 11) is 0. The zero-order chi connectivity index (χ0) is 20.6. The van der Waals surface area contributed by atoms with E-state index in [0.717, 1.165) is 31.2 Å². The van der Waals surface area contributed by atoms with Gasteiger partial charge >= 0.3 is 0 Å². The molecule has 1 aromatic heterocycles. The Kier molecular flexibility index (Phi) is 5.15. The number of aromatic amines is 1. The van der Waals surface area contributed by atoms with E-state index >= 15 is 0 Å². The second kappa shape index (κ2) is 7.61. The van der Waals surface area contributed by atoms with E-state index in [1.54, 1.807) is 11.8 Å². The molecule has 0 saturated carbocycles. The normalized spacial score (nSPS) is 23.3. The summed E-state index contributed by atoms with van der Waals surface area (Å²) in [4.78, 5) is 27.7. The first-order chi connectivity index (χ1) is 13.9. The lowest BCUT2D eigenvalue weighted by Crippen LogP contribution is -2.51. The molecule has 1 aliphatic heterocycles. The second-order valence-corrected chi connectivity index (χ2v) is 8.92. The predicted molar refractivity (Wildman–Crippen MR) is 110 cm³/mol. The third-order valence-corrected chi connectivity index (χ3v) is 6.42. The Balaban J connectivity index is 1.45. The van der Waals surface area contributed by atoms with Crippen molar-refractivity contribution in [1.29, 1.82) is 0 Å². The maximum absolute atomic E-state index is 13.2. The van der Waals surface area contributed by atoms with E-state index in [-0.39, 0.29) is 29.2 Å². The maximum Gasteiger partial charge on any atom is 0.276 e. The van der Waals surface area contributed by atoms with Gasteiger partial charge in [0.1, 0.15) is 0 Å². The van der Waals surface area contributed by atoms with Crippen LogP contribution >= 0.6 is 0 Å². The van der Waals surface area contributed by atoms with Crippen LogP contribution < -0.4 is 5.32 Å². The number of hydrogen-bond donors (Lipinski definition) is 2. The van der Waals surface area contributed by atoms with Crippen molar-refractivity contribution in [2.75, 3.05) is 13.1 Å². The van der Waals surface area contributed by atoms with Gasteiger partial charge in [0.15, 0.2) is 5.69 Å². The molecular formula is C22H29N5O2. The maximum atomic E-state index is 13.2. The predicted octanol–water partition coefficient (Wildman–Crippen LogP) is 2.69. The topological polar surface area (TPSA) is 91.0 Å². The van der Waals surface area contributed by atoms with Crippen molar-refractivity contribution in [3.63, 3.8) is 0 Å². The van der Waals surface area contributed by atoms with Gasteiger partial charge in [-0.15, -0.1) is 0 Å². The fourth-order valence-electron chi connectivity index (χ4n) is 4.70. The van der Waals surface area contributed by atoms with Crippen LogP contribution in [0.5, 0.6) is 0 Å². The van der Waals surface area contributed by atoms with Crippen molar-refractivity contribution >= 4 is 11.8 Å². The third-order valence-electron chi connectivity index (χ3n) is 6.42. The first-order valence-electron chi connectivity index (χ1n) is 10.4. The molecule has 2 atom stereocenters. The van der Waals surface area contributed by atoms with E-state index < -0.39 is 0 Å². The zero-order valence-corrected chi connectivity index (χ0v) is 17.4. The van der Waals surface area contributed by atoms with Crippen LogP contribution in [0.3, 0.4) is 0 Å². The van der Waals surface area contributed by atoms with E-state index in [1.165, 1.54) is 5.56 Å². The summed E-state index contributed by atoms with van der Waals surface area (Å²) >= 11 is 0. The van der Waals surface area contributed by atoms with Crippen molar-refractivity contribution < 1.29 is 9.59 Å². The van der Waals surface area contributed by atoms with Crippen LogP contribution in [-0.2, 0) is 10.2 Å². The number of piperidine rings is 1. The number of likely N-dealkylation sites (tertiary alicyclic amines) is 1. The Bertz CT molecular complexity index is 919. The molecule has 154 valence electrons. The van der Waals surface area contributed by atoms with Gasteiger partial charge in [-0.1, -0.05) is 38.1 Å². The lowest BCUT2D eigenvalue weighted by atomic mass is 9.68. The van der Waals surface area contributed by atoms with Crippen LogP contribution in [0, 0.1) is 6.92 Å². The molecule has 2 heterocycles. The van der Waals surface area contributed by atoms with Crippen LogP contribution in [0.2, 0.25) is 0 Å². The number of rotatable bonds is 3. The number of hydrogen-bond acceptors (Lipinski definition) is 4. The Labute approximate surface area is 171 Å². The van der Waals surface area contributed by atoms with Gasteiger partial charge in [0.25, 0.3) is 5.91 Å². The smallest absolute Gasteiger partial charge is 0.276 e. The van der Waals surface area contributed by atoms with Gasteiger partial charge in [-0.05, 0) is 49.1 Å². The molecular weight excluding hydrogens is 366 g/mol. The standard InChI is InChI=1S/C22H29N5O2/c1-14-19(25-26-24-14)21(29)27-12-6-7-15(13-27)23-20(28)17-10-11-22(2,3)18-9-5-4-8-16(17)18/h4-5,8-9,15,17H,6-7,10-13H2,1-3H3,(H,23,28)(H,24,25,26)/t15-,17?/m1/s1. The van der Waals surface area contributed by atoms with Crippen LogP contribution in [0.4, 0.5) is 0 Å². The number of H-pyrrole nitrogens is 1. The molecule has 1 saturated heterocycles. The summed E-state index contributed by atoms with van der Waals surface area (Å²) in [5.41, 5.74) is 3.47. The zero-order valence-electron chi connectivity index (χ0n) is 17.4. The SMILES string of the molecule is Cc1n[nH]nc1C(=O)N1CCC[C@@H](NC(=O)C2CCC(C)(C)c3ccccc32)C1. The number of fused-ring (bicyclic) bond motifs is 1. The second-order valence-electron chi connectivity index (χ2n) is 8.92. The molecule has 29 heavy (non-hydrogen) atoms. The molecule has 1 aliphatic carbocycles. The quantitative estimate of drug-likeness (QED) is 0.836. The largest absolute Gasteiger partial charge is 0.351 e. The molecule has 2 N–H and O–H groups in total. The summed E-state index contributed by atoms with van der Waals surface area (Å²) in [5, 5.41) is 13.6. The molecule has 7 heteroatoms. The molecule has 0 spiro atoms. The lowest BCUT2D eigenvalue weighted by molar-refractivity contribution is -0.124. The fraction of sp³-hybridized carbons (Fsp3) is 0.545. The van der Waals surface area contributed by atoms with E-state index in [4.69, 9.17) is 0 Å². The number of carbonyl (C=O) groups excluding carboxylic acids is 2. The van der Waals surface area contributed by atoms with Crippen molar-refractivity contribution in [3.05, 3.63) is 46.8 Å². The minimum Gasteiger partial charge on any atom is -0.351 e. The molecule has 1 aromatic carbocycles. The van der Waals surface area contributed by atoms with Gasteiger partial charge in [0, 0.05) is 19.1 Å². The third kappa shape index (κ3) is 3.78. The first kappa shape index (κ1) is 19.6. The summed E-state index contributed by atoms with van der Waals surface area (Å²) < 4.78 is 0. The number of aromatic nitrogens is 3. The molecule has 2 aliphatic rings. The van der Waals surface area contributed by atoms with Gasteiger partial charge in [0.05, 0.1) is 11.6 Å². The average Bonchev–Trinajstić information content (AvgIpc) is 3.13. The van der Waals surface area contributed by atoms with E-state index in [0.29, 0.717) is 24.5 Å². The molecule has 4 rings (SSSR count). The van der Waals surface area contributed by atoms with Gasteiger partial charge in [-0.3, -0.25) is 9.59 Å². The number of amides is 2. The molecule has 2 amide bonds.